The van der Waals surface area contributed by atoms with E-state index >= 15 is 0 Å². The number of carbonyl (C=O) groups is 2. The summed E-state index contributed by atoms with van der Waals surface area (Å²) in [6.07, 6.45) is 0. The number of rotatable bonds is 7. The average Bonchev–Trinajstić information content (AvgIpc) is 2.74. The number of amides is 2. The van der Waals surface area contributed by atoms with Crippen LogP contribution in [0.2, 0.25) is 0 Å². The number of nitrogens with one attached hydrogen (secondary N) is 2. The summed E-state index contributed by atoms with van der Waals surface area (Å²) in [7, 11) is 4.37. The van der Waals surface area contributed by atoms with Crippen molar-refractivity contribution in [2.24, 2.45) is 0 Å². The number of methoxy groups -OCH3 is 3. The van der Waals surface area contributed by atoms with E-state index in [4.69, 9.17) is 18.9 Å². The van der Waals surface area contributed by atoms with Crippen LogP contribution in [0.4, 0.5) is 0 Å². The van der Waals surface area contributed by atoms with Gasteiger partial charge in [-0.2, -0.15) is 0 Å². The van der Waals surface area contributed by atoms with Crippen LogP contribution >= 0.6 is 0 Å². The second-order valence-electron chi connectivity index (χ2n) is 7.48. The van der Waals surface area contributed by atoms with Gasteiger partial charge in [-0.05, 0) is 35.2 Å². The van der Waals surface area contributed by atoms with Crippen LogP contribution < -0.4 is 29.8 Å². The van der Waals surface area contributed by atoms with E-state index in [9.17, 15) is 9.59 Å². The number of hydrazine groups is 1. The Kier molecular flexibility index (Phi) is 7.52. The fourth-order valence-electron chi connectivity index (χ4n) is 2.65. The molecule has 2 aromatic rings. The van der Waals surface area contributed by atoms with E-state index in [1.54, 1.807) is 0 Å². The molecule has 0 saturated heterocycles. The lowest BCUT2D eigenvalue weighted by Gasteiger charge is -2.19. The lowest BCUT2D eigenvalue weighted by Crippen LogP contribution is -2.43. The number of hydrogen-bond acceptors (Lipinski definition) is 6. The molecule has 0 heterocycles. The maximum Gasteiger partial charge on any atom is 0.276 e. The van der Waals surface area contributed by atoms with Gasteiger partial charge < -0.3 is 18.9 Å². The molecule has 8 heteroatoms. The van der Waals surface area contributed by atoms with Crippen LogP contribution in [0.5, 0.6) is 23.0 Å². The van der Waals surface area contributed by atoms with Crippen molar-refractivity contribution in [3.8, 4) is 23.0 Å². The number of ether oxygens (including phenoxy) is 4. The summed E-state index contributed by atoms with van der Waals surface area (Å²) in [5.74, 6) is 0.541. The molecule has 8 nitrogen and oxygen atoms in total. The number of carbonyl (C=O) groups excluding carboxylic acids is 2. The molecule has 0 aliphatic heterocycles. The highest BCUT2D eigenvalue weighted by Crippen LogP contribution is 2.38. The average molecular weight is 416 g/mol. The van der Waals surface area contributed by atoms with E-state index in [-0.39, 0.29) is 17.6 Å². The Morgan fingerprint density at radius 1 is 0.867 bits per heavy atom. The molecule has 0 atom stereocenters. The minimum atomic E-state index is -0.544. The van der Waals surface area contributed by atoms with Gasteiger partial charge in [0.05, 0.1) is 21.3 Å². The highest BCUT2D eigenvalue weighted by Gasteiger charge is 2.17. The Hall–Kier alpha value is -3.42. The lowest BCUT2D eigenvalue weighted by molar-refractivity contribution is -0.123. The molecule has 2 amide bonds. The Balaban J connectivity index is 1.92. The van der Waals surface area contributed by atoms with Gasteiger partial charge in [0, 0.05) is 5.56 Å². The van der Waals surface area contributed by atoms with Gasteiger partial charge in [0.25, 0.3) is 11.8 Å². The molecule has 0 aliphatic carbocycles. The third-order valence-electron chi connectivity index (χ3n) is 4.33. The van der Waals surface area contributed by atoms with Gasteiger partial charge in [0.1, 0.15) is 5.75 Å². The standard InChI is InChI=1S/C22H28N2O6/c1-22(2,3)15-7-9-16(10-8-15)30-13-19(25)23-24-21(26)14-11-17(27-4)20(29-6)18(12-14)28-5/h7-12H,13H2,1-6H3,(H,23,25)(H,24,26). The molecule has 30 heavy (non-hydrogen) atoms. The van der Waals surface area contributed by atoms with E-state index in [0.29, 0.717) is 23.0 Å². The summed E-state index contributed by atoms with van der Waals surface area (Å²) in [6.45, 7) is 6.11. The highest BCUT2D eigenvalue weighted by molar-refractivity contribution is 5.96. The first kappa shape index (κ1) is 22.9. The van der Waals surface area contributed by atoms with Crippen molar-refractivity contribution in [1.29, 1.82) is 0 Å². The Morgan fingerprint density at radius 2 is 1.43 bits per heavy atom. The fourth-order valence-corrected chi connectivity index (χ4v) is 2.65. The van der Waals surface area contributed by atoms with Crippen molar-refractivity contribution < 1.29 is 28.5 Å². The van der Waals surface area contributed by atoms with E-state index in [2.05, 4.69) is 31.6 Å². The summed E-state index contributed by atoms with van der Waals surface area (Å²) in [4.78, 5) is 24.4. The maximum atomic E-state index is 12.4. The Bertz CT molecular complexity index is 862. The first-order valence-electron chi connectivity index (χ1n) is 9.32. The fraction of sp³-hybridized carbons (Fsp3) is 0.364. The topological polar surface area (TPSA) is 95.1 Å². The molecule has 0 aromatic heterocycles. The number of hydrogen-bond donors (Lipinski definition) is 2. The van der Waals surface area contributed by atoms with Gasteiger partial charge in [-0.25, -0.2) is 0 Å². The SMILES string of the molecule is COc1cc(C(=O)NNC(=O)COc2ccc(C(C)(C)C)cc2)cc(OC)c1OC. The van der Waals surface area contributed by atoms with E-state index < -0.39 is 11.8 Å². The second-order valence-corrected chi connectivity index (χ2v) is 7.48. The normalized spacial score (nSPS) is 10.7. The highest BCUT2D eigenvalue weighted by atomic mass is 16.5. The molecule has 0 spiro atoms. The lowest BCUT2D eigenvalue weighted by atomic mass is 9.87. The first-order valence-corrected chi connectivity index (χ1v) is 9.32. The van der Waals surface area contributed by atoms with E-state index in [1.165, 1.54) is 33.5 Å². The third kappa shape index (κ3) is 5.79. The van der Waals surface area contributed by atoms with Crippen molar-refractivity contribution in [1.82, 2.24) is 10.9 Å². The van der Waals surface area contributed by atoms with Crippen molar-refractivity contribution >= 4 is 11.8 Å². The predicted molar refractivity (Wildman–Crippen MR) is 112 cm³/mol. The van der Waals surface area contributed by atoms with Crippen LogP contribution in [-0.2, 0) is 10.2 Å². The molecular formula is C22H28N2O6. The van der Waals surface area contributed by atoms with Crippen LogP contribution in [0, 0.1) is 0 Å². The van der Waals surface area contributed by atoms with Crippen LogP contribution in [0.25, 0.3) is 0 Å². The summed E-state index contributed by atoms with van der Waals surface area (Å²) in [6, 6.07) is 10.5. The molecule has 2 N–H and O–H groups in total. The molecular weight excluding hydrogens is 388 g/mol. The minimum Gasteiger partial charge on any atom is -0.493 e. The zero-order valence-electron chi connectivity index (χ0n) is 18.1. The molecule has 2 aromatic carbocycles. The summed E-state index contributed by atoms with van der Waals surface area (Å²) < 4.78 is 21.1. The van der Waals surface area contributed by atoms with Gasteiger partial charge >= 0.3 is 0 Å². The Labute approximate surface area is 176 Å². The molecule has 0 aliphatic rings. The molecule has 0 saturated carbocycles. The van der Waals surface area contributed by atoms with E-state index in [0.717, 1.165) is 5.56 Å². The molecule has 0 radical (unpaired) electrons. The molecule has 2 rings (SSSR count). The van der Waals surface area contributed by atoms with Crippen LogP contribution in [0.3, 0.4) is 0 Å². The largest absolute Gasteiger partial charge is 0.493 e. The maximum absolute atomic E-state index is 12.4. The molecule has 0 bridgehead atoms. The van der Waals surface area contributed by atoms with Crippen molar-refractivity contribution in [3.63, 3.8) is 0 Å². The van der Waals surface area contributed by atoms with Gasteiger partial charge in [0.2, 0.25) is 5.75 Å². The monoisotopic (exact) mass is 416 g/mol. The summed E-state index contributed by atoms with van der Waals surface area (Å²) >= 11 is 0. The summed E-state index contributed by atoms with van der Waals surface area (Å²) in [5.41, 5.74) is 6.07. The van der Waals surface area contributed by atoms with E-state index in [1.807, 2.05) is 24.3 Å². The van der Waals surface area contributed by atoms with Crippen LogP contribution in [-0.4, -0.2) is 39.8 Å². The van der Waals surface area contributed by atoms with Gasteiger partial charge in [0.15, 0.2) is 18.1 Å². The molecule has 162 valence electrons. The molecule has 0 unspecified atom stereocenters. The quantitative estimate of drug-likeness (QED) is 0.674. The summed E-state index contributed by atoms with van der Waals surface area (Å²) in [5, 5.41) is 0. The van der Waals surface area contributed by atoms with Gasteiger partial charge in [-0.15, -0.1) is 0 Å². The minimum absolute atomic E-state index is 0.0347. The van der Waals surface area contributed by atoms with Crippen LogP contribution in [0.1, 0.15) is 36.7 Å². The zero-order chi connectivity index (χ0) is 22.3. The van der Waals surface area contributed by atoms with Crippen molar-refractivity contribution in [2.75, 3.05) is 27.9 Å². The second kappa shape index (κ2) is 9.87. The van der Waals surface area contributed by atoms with Crippen LogP contribution in [0.15, 0.2) is 36.4 Å². The predicted octanol–water partition coefficient (Wildman–Crippen LogP) is 2.85. The zero-order valence-corrected chi connectivity index (χ0v) is 18.1. The third-order valence-corrected chi connectivity index (χ3v) is 4.33. The van der Waals surface area contributed by atoms with Gasteiger partial charge in [-0.1, -0.05) is 32.9 Å². The number of benzene rings is 2. The first-order chi connectivity index (χ1) is 14.2. The van der Waals surface area contributed by atoms with Crippen molar-refractivity contribution in [2.45, 2.75) is 26.2 Å². The van der Waals surface area contributed by atoms with Crippen molar-refractivity contribution in [3.05, 3.63) is 47.5 Å². The van der Waals surface area contributed by atoms with Gasteiger partial charge in [-0.3, -0.25) is 20.4 Å². The molecule has 0 fully saturated rings. The smallest absolute Gasteiger partial charge is 0.276 e. The Morgan fingerprint density at radius 3 is 1.90 bits per heavy atom.